The van der Waals surface area contributed by atoms with Gasteiger partial charge in [-0.3, -0.25) is 5.10 Å². The summed E-state index contributed by atoms with van der Waals surface area (Å²) in [5, 5.41) is 15.3. The van der Waals surface area contributed by atoms with Crippen LogP contribution in [0, 0.1) is 11.3 Å². The molecule has 0 saturated carbocycles. The van der Waals surface area contributed by atoms with E-state index in [1.165, 1.54) is 0 Å². The van der Waals surface area contributed by atoms with Gasteiger partial charge in [-0.2, -0.15) is 10.4 Å². The predicted octanol–water partition coefficient (Wildman–Crippen LogP) is 1.34. The van der Waals surface area contributed by atoms with Crippen molar-refractivity contribution in [3.05, 3.63) is 41.7 Å². The van der Waals surface area contributed by atoms with Crippen LogP contribution in [0.1, 0.15) is 17.5 Å². The van der Waals surface area contributed by atoms with E-state index in [2.05, 4.69) is 25.1 Å². The van der Waals surface area contributed by atoms with Crippen molar-refractivity contribution >= 4 is 11.0 Å². The maximum Gasteiger partial charge on any atom is 0.164 e. The number of rotatable bonds is 3. The molecule has 0 amide bonds. The molecule has 2 N–H and O–H groups in total. The minimum atomic E-state index is 0.219. The molecule has 0 atom stereocenters. The Morgan fingerprint density at radius 3 is 2.89 bits per heavy atom. The molecule has 3 rings (SSSR count). The number of aromatic amines is 2. The van der Waals surface area contributed by atoms with E-state index in [1.807, 2.05) is 30.3 Å². The van der Waals surface area contributed by atoms with Gasteiger partial charge in [-0.1, -0.05) is 12.1 Å². The van der Waals surface area contributed by atoms with Gasteiger partial charge in [0.25, 0.3) is 0 Å². The van der Waals surface area contributed by atoms with Crippen LogP contribution >= 0.6 is 0 Å². The first-order valence-corrected chi connectivity index (χ1v) is 5.56. The number of hydrogen-bond donors (Lipinski definition) is 2. The summed E-state index contributed by atoms with van der Waals surface area (Å²) in [6.45, 7) is 0. The Balaban J connectivity index is 1.84. The molecule has 2 aromatic heterocycles. The lowest BCUT2D eigenvalue weighted by Gasteiger charge is -1.89. The molecule has 0 unspecified atom stereocenters. The van der Waals surface area contributed by atoms with Crippen LogP contribution < -0.4 is 0 Å². The van der Waals surface area contributed by atoms with E-state index in [4.69, 9.17) is 5.26 Å². The van der Waals surface area contributed by atoms with Crippen molar-refractivity contribution < 1.29 is 0 Å². The molecule has 0 aliphatic rings. The Kier molecular flexibility index (Phi) is 2.50. The third-order valence-corrected chi connectivity index (χ3v) is 2.59. The Morgan fingerprint density at radius 1 is 1.17 bits per heavy atom. The van der Waals surface area contributed by atoms with Gasteiger partial charge in [-0.25, -0.2) is 9.97 Å². The molecule has 0 saturated heterocycles. The summed E-state index contributed by atoms with van der Waals surface area (Å²) in [4.78, 5) is 11.9. The van der Waals surface area contributed by atoms with Crippen LogP contribution in [-0.4, -0.2) is 25.1 Å². The molecule has 0 fully saturated rings. The zero-order valence-corrected chi connectivity index (χ0v) is 9.51. The van der Waals surface area contributed by atoms with Gasteiger partial charge in [0.05, 0.1) is 29.9 Å². The predicted molar refractivity (Wildman–Crippen MR) is 64.6 cm³/mol. The molecule has 3 aromatic rings. The topological polar surface area (TPSA) is 94.0 Å². The zero-order chi connectivity index (χ0) is 12.4. The molecule has 0 radical (unpaired) electrons. The van der Waals surface area contributed by atoms with Crippen LogP contribution in [0.5, 0.6) is 0 Å². The Hall–Kier alpha value is -2.68. The van der Waals surface area contributed by atoms with Crippen molar-refractivity contribution in [2.45, 2.75) is 12.8 Å². The molecule has 0 aliphatic heterocycles. The average molecular weight is 238 g/mol. The van der Waals surface area contributed by atoms with Gasteiger partial charge in [0.15, 0.2) is 5.82 Å². The minimum Gasteiger partial charge on any atom is -0.342 e. The molecule has 1 aromatic carbocycles. The van der Waals surface area contributed by atoms with Crippen molar-refractivity contribution in [1.82, 2.24) is 25.1 Å². The number of fused-ring (bicyclic) bond motifs is 1. The van der Waals surface area contributed by atoms with E-state index >= 15 is 0 Å². The molecule has 2 heterocycles. The van der Waals surface area contributed by atoms with Gasteiger partial charge < -0.3 is 4.98 Å². The fraction of sp³-hybridized carbons (Fsp3) is 0.167. The van der Waals surface area contributed by atoms with E-state index in [9.17, 15) is 0 Å². The Bertz CT molecular complexity index is 684. The number of nitrogens with zero attached hydrogens (tertiary/aromatic N) is 4. The van der Waals surface area contributed by atoms with Gasteiger partial charge in [0.2, 0.25) is 0 Å². The molecule has 6 heteroatoms. The average Bonchev–Trinajstić information content (AvgIpc) is 2.96. The molecule has 0 spiro atoms. The highest BCUT2D eigenvalue weighted by atomic mass is 15.2. The largest absolute Gasteiger partial charge is 0.342 e. The van der Waals surface area contributed by atoms with E-state index in [0.29, 0.717) is 18.1 Å². The van der Waals surface area contributed by atoms with Crippen LogP contribution in [0.25, 0.3) is 11.0 Å². The number of benzene rings is 1. The van der Waals surface area contributed by atoms with Crippen molar-refractivity contribution in [2.24, 2.45) is 0 Å². The molecule has 0 aliphatic carbocycles. The molecule has 0 bridgehead atoms. The summed E-state index contributed by atoms with van der Waals surface area (Å²) in [5.74, 6) is 2.05. The lowest BCUT2D eigenvalue weighted by molar-refractivity contribution is 0.923. The fourth-order valence-electron chi connectivity index (χ4n) is 1.81. The van der Waals surface area contributed by atoms with Gasteiger partial charge >= 0.3 is 0 Å². The summed E-state index contributed by atoms with van der Waals surface area (Å²) < 4.78 is 0. The van der Waals surface area contributed by atoms with Crippen molar-refractivity contribution in [3.63, 3.8) is 0 Å². The van der Waals surface area contributed by atoms with Gasteiger partial charge in [0, 0.05) is 0 Å². The molecule has 88 valence electrons. The lowest BCUT2D eigenvalue weighted by atomic mass is 10.3. The minimum absolute atomic E-state index is 0.219. The van der Waals surface area contributed by atoms with Crippen LogP contribution in [0.15, 0.2) is 24.3 Å². The van der Waals surface area contributed by atoms with Crippen LogP contribution in [-0.2, 0) is 12.8 Å². The first-order valence-electron chi connectivity index (χ1n) is 5.56. The maximum atomic E-state index is 8.55. The number of imidazole rings is 1. The van der Waals surface area contributed by atoms with Crippen LogP contribution in [0.3, 0.4) is 0 Å². The summed E-state index contributed by atoms with van der Waals surface area (Å²) in [7, 11) is 0. The van der Waals surface area contributed by atoms with E-state index in [0.717, 1.165) is 16.9 Å². The standard InChI is InChI=1S/C12H10N6/c13-6-5-10-16-12(18-17-10)7-11-14-8-3-1-2-4-9(8)15-11/h1-4H,5,7H2,(H,14,15)(H,16,17,18). The molecular formula is C12H10N6. The summed E-state index contributed by atoms with van der Waals surface area (Å²) in [6.07, 6.45) is 0.768. The zero-order valence-electron chi connectivity index (χ0n) is 9.51. The monoisotopic (exact) mass is 238 g/mol. The number of nitrogens with one attached hydrogen (secondary N) is 2. The Morgan fingerprint density at radius 2 is 2.06 bits per heavy atom. The number of H-pyrrole nitrogens is 2. The highest BCUT2D eigenvalue weighted by Gasteiger charge is 2.07. The first kappa shape index (κ1) is 10.5. The fourth-order valence-corrected chi connectivity index (χ4v) is 1.81. The maximum absolute atomic E-state index is 8.55. The number of para-hydroxylation sites is 2. The Labute approximate surface area is 103 Å². The van der Waals surface area contributed by atoms with E-state index < -0.39 is 0 Å². The van der Waals surface area contributed by atoms with Crippen LogP contribution in [0.2, 0.25) is 0 Å². The van der Waals surface area contributed by atoms with E-state index in [1.54, 1.807) is 0 Å². The lowest BCUT2D eigenvalue weighted by Crippen LogP contribution is -1.93. The summed E-state index contributed by atoms with van der Waals surface area (Å²) in [5.41, 5.74) is 1.94. The van der Waals surface area contributed by atoms with Crippen molar-refractivity contribution in [1.29, 1.82) is 5.26 Å². The van der Waals surface area contributed by atoms with Gasteiger partial charge in [0.1, 0.15) is 11.6 Å². The molecule has 6 nitrogen and oxygen atoms in total. The molecular weight excluding hydrogens is 228 g/mol. The number of hydrogen-bond acceptors (Lipinski definition) is 4. The summed E-state index contributed by atoms with van der Waals surface area (Å²) >= 11 is 0. The van der Waals surface area contributed by atoms with Crippen molar-refractivity contribution in [3.8, 4) is 6.07 Å². The third-order valence-electron chi connectivity index (χ3n) is 2.59. The normalized spacial score (nSPS) is 10.6. The molecule has 18 heavy (non-hydrogen) atoms. The quantitative estimate of drug-likeness (QED) is 0.719. The first-order chi connectivity index (χ1) is 8.85. The SMILES string of the molecule is N#CCc1n[nH]c(Cc2nc3ccccc3[nH]2)n1. The second kappa shape index (κ2) is 4.30. The summed E-state index contributed by atoms with van der Waals surface area (Å²) in [6, 6.07) is 9.86. The number of aromatic nitrogens is 5. The second-order valence-electron chi connectivity index (χ2n) is 3.91. The van der Waals surface area contributed by atoms with Crippen LogP contribution in [0.4, 0.5) is 0 Å². The second-order valence-corrected chi connectivity index (χ2v) is 3.91. The highest BCUT2D eigenvalue weighted by molar-refractivity contribution is 5.74. The highest BCUT2D eigenvalue weighted by Crippen LogP contribution is 2.11. The van der Waals surface area contributed by atoms with E-state index in [-0.39, 0.29) is 6.42 Å². The third kappa shape index (κ3) is 1.94. The number of nitriles is 1. The van der Waals surface area contributed by atoms with Gasteiger partial charge in [-0.15, -0.1) is 0 Å². The van der Waals surface area contributed by atoms with Crippen molar-refractivity contribution in [2.75, 3.05) is 0 Å². The van der Waals surface area contributed by atoms with Gasteiger partial charge in [-0.05, 0) is 12.1 Å². The smallest absolute Gasteiger partial charge is 0.164 e.